The van der Waals surface area contributed by atoms with E-state index in [2.05, 4.69) is 18.4 Å². The molecular weight excluding hydrogens is 600 g/mol. The van der Waals surface area contributed by atoms with E-state index in [4.69, 9.17) is 4.74 Å². The number of rotatable bonds is 14. The molecule has 0 aliphatic rings. The highest BCUT2D eigenvalue weighted by Gasteiger charge is 2.38. The number of carbonyl (C=O) groups excluding carboxylic acids is 2. The number of hydrogen-bond acceptors (Lipinski definition) is 5. The minimum atomic E-state index is -1.36. The van der Waals surface area contributed by atoms with Crippen LogP contribution in [0.1, 0.15) is 44.5 Å². The average Bonchev–Trinajstić information content (AvgIpc) is 3.37. The van der Waals surface area contributed by atoms with Gasteiger partial charge in [-0.05, 0) is 47.7 Å². The van der Waals surface area contributed by atoms with E-state index in [0.29, 0.717) is 17.8 Å². The standard InChI is InChI=1S/C33H43F2N3O6Si/c1-33(2,3)30(38(29(40)21-39)14-13-27(31(41)42)36-32(43)44-15-16-45(4)5)28-17-23(25-18-24(34)11-12-26(25)35)20-37(28)19-22-9-7-6-8-10-22/h6-12,17-18,20,27,30,39,45H,13-16,19,21H2,1-5H3,(H,36,43)(H,41,42)/t27-,30-/m0/s1. The van der Waals surface area contributed by atoms with Gasteiger partial charge in [-0.1, -0.05) is 64.2 Å². The zero-order chi connectivity index (χ0) is 33.3. The van der Waals surface area contributed by atoms with Crippen molar-refractivity contribution in [2.75, 3.05) is 19.8 Å². The van der Waals surface area contributed by atoms with Crippen LogP contribution in [0.2, 0.25) is 19.1 Å². The quantitative estimate of drug-likeness (QED) is 0.201. The van der Waals surface area contributed by atoms with Gasteiger partial charge in [0.15, 0.2) is 0 Å². The summed E-state index contributed by atoms with van der Waals surface area (Å²) >= 11 is 0. The Balaban J connectivity index is 2.04. The van der Waals surface area contributed by atoms with Crippen LogP contribution in [0, 0.1) is 17.0 Å². The molecule has 0 saturated heterocycles. The summed E-state index contributed by atoms with van der Waals surface area (Å²) in [5.74, 6) is -3.18. The first-order valence-electron chi connectivity index (χ1n) is 15.0. The maximum Gasteiger partial charge on any atom is 0.407 e. The van der Waals surface area contributed by atoms with Crippen molar-refractivity contribution in [2.45, 2.75) is 65.0 Å². The summed E-state index contributed by atoms with van der Waals surface area (Å²) in [4.78, 5) is 39.1. The topological polar surface area (TPSA) is 121 Å². The number of halogens is 2. The van der Waals surface area contributed by atoms with Gasteiger partial charge in [0.05, 0.1) is 12.6 Å². The third-order valence-electron chi connectivity index (χ3n) is 7.41. The molecule has 0 unspecified atom stereocenters. The number of aliphatic hydroxyl groups is 1. The molecule has 1 heterocycles. The fraction of sp³-hybridized carbons (Fsp3) is 0.424. The van der Waals surface area contributed by atoms with E-state index in [1.807, 2.05) is 55.7 Å². The molecule has 2 amide bonds. The zero-order valence-corrected chi connectivity index (χ0v) is 27.6. The Kier molecular flexibility index (Phi) is 12.4. The molecule has 2 aromatic carbocycles. The van der Waals surface area contributed by atoms with Crippen LogP contribution in [0.5, 0.6) is 0 Å². The van der Waals surface area contributed by atoms with Crippen LogP contribution in [-0.4, -0.2) is 72.2 Å². The molecular formula is C33H43F2N3O6Si. The van der Waals surface area contributed by atoms with Crippen LogP contribution in [0.3, 0.4) is 0 Å². The van der Waals surface area contributed by atoms with Gasteiger partial charge in [-0.25, -0.2) is 18.4 Å². The molecule has 0 bridgehead atoms. The normalized spacial score (nSPS) is 12.9. The molecule has 0 saturated carbocycles. The largest absolute Gasteiger partial charge is 0.480 e. The summed E-state index contributed by atoms with van der Waals surface area (Å²) in [5, 5.41) is 22.2. The van der Waals surface area contributed by atoms with E-state index >= 15 is 0 Å². The predicted octanol–water partition coefficient (Wildman–Crippen LogP) is 5.45. The SMILES string of the molecule is C[SiH](C)CCOC(=O)N[C@@H](CCN(C(=O)CO)[C@@H](c1cc(-c2cc(F)ccc2F)cn1Cc1ccccc1)C(C)(C)C)C(=O)O. The second-order valence-corrected chi connectivity index (χ2v) is 15.9. The Labute approximate surface area is 264 Å². The molecule has 45 heavy (non-hydrogen) atoms. The highest BCUT2D eigenvalue weighted by Crippen LogP contribution is 2.41. The molecule has 0 fully saturated rings. The van der Waals surface area contributed by atoms with Gasteiger partial charge in [-0.3, -0.25) is 4.79 Å². The van der Waals surface area contributed by atoms with Crippen LogP contribution in [0.4, 0.5) is 13.6 Å². The fourth-order valence-electron chi connectivity index (χ4n) is 5.20. The molecule has 3 aromatic rings. The third-order valence-corrected chi connectivity index (χ3v) is 8.80. The van der Waals surface area contributed by atoms with Gasteiger partial charge in [0.2, 0.25) is 5.91 Å². The highest BCUT2D eigenvalue weighted by molar-refractivity contribution is 6.55. The first kappa shape index (κ1) is 35.4. The first-order valence-corrected chi connectivity index (χ1v) is 18.1. The molecule has 0 aliphatic carbocycles. The summed E-state index contributed by atoms with van der Waals surface area (Å²) in [6, 6.07) is 13.0. The van der Waals surface area contributed by atoms with E-state index in [1.165, 1.54) is 4.90 Å². The maximum absolute atomic E-state index is 14.9. The Hall–Kier alpha value is -4.03. The first-order chi connectivity index (χ1) is 21.2. The van der Waals surface area contributed by atoms with Crippen LogP contribution < -0.4 is 5.32 Å². The van der Waals surface area contributed by atoms with Crippen LogP contribution in [-0.2, 0) is 20.9 Å². The van der Waals surface area contributed by atoms with Gasteiger partial charge in [-0.15, -0.1) is 0 Å². The number of nitrogens with zero attached hydrogens (tertiary/aromatic N) is 2. The number of amides is 2. The van der Waals surface area contributed by atoms with Crippen LogP contribution in [0.25, 0.3) is 11.1 Å². The lowest BCUT2D eigenvalue weighted by Crippen LogP contribution is -2.48. The predicted molar refractivity (Wildman–Crippen MR) is 171 cm³/mol. The lowest BCUT2D eigenvalue weighted by Gasteiger charge is -2.41. The summed E-state index contributed by atoms with van der Waals surface area (Å²) in [7, 11) is -0.967. The Bertz CT molecular complexity index is 1460. The summed E-state index contributed by atoms with van der Waals surface area (Å²) in [5.41, 5.74) is 1.25. The van der Waals surface area contributed by atoms with Gasteiger partial charge in [0.1, 0.15) is 24.3 Å². The fourth-order valence-corrected chi connectivity index (χ4v) is 5.79. The Morgan fingerprint density at radius 1 is 1.07 bits per heavy atom. The van der Waals surface area contributed by atoms with E-state index in [0.717, 1.165) is 29.8 Å². The summed E-state index contributed by atoms with van der Waals surface area (Å²) in [6.45, 7) is 9.42. The number of aliphatic carboxylic acids is 1. The van der Waals surface area contributed by atoms with Crippen LogP contribution >= 0.6 is 0 Å². The smallest absolute Gasteiger partial charge is 0.407 e. The third kappa shape index (κ3) is 9.98. The van der Waals surface area contributed by atoms with Crippen LogP contribution in [0.15, 0.2) is 60.8 Å². The van der Waals surface area contributed by atoms with Crippen molar-refractivity contribution >= 4 is 26.8 Å². The Morgan fingerprint density at radius 2 is 1.76 bits per heavy atom. The minimum Gasteiger partial charge on any atom is -0.480 e. The van der Waals surface area contributed by atoms with Gasteiger partial charge in [0.25, 0.3) is 0 Å². The van der Waals surface area contributed by atoms with E-state index in [-0.39, 0.29) is 25.1 Å². The molecule has 2 atom stereocenters. The number of carboxylic acid groups (broad SMARTS) is 1. The van der Waals surface area contributed by atoms with Gasteiger partial charge >= 0.3 is 12.1 Å². The van der Waals surface area contributed by atoms with Crippen molar-refractivity contribution in [1.29, 1.82) is 0 Å². The molecule has 0 aliphatic heterocycles. The maximum atomic E-state index is 14.9. The van der Waals surface area contributed by atoms with E-state index in [1.54, 1.807) is 12.3 Å². The summed E-state index contributed by atoms with van der Waals surface area (Å²) in [6.07, 6.45) is 0.660. The number of nitrogens with one attached hydrogen (secondary N) is 1. The number of carboxylic acids is 1. The van der Waals surface area contributed by atoms with Crippen molar-refractivity contribution in [3.8, 4) is 11.1 Å². The zero-order valence-electron chi connectivity index (χ0n) is 26.4. The van der Waals surface area contributed by atoms with Crippen molar-refractivity contribution in [3.05, 3.63) is 83.7 Å². The molecule has 1 aromatic heterocycles. The molecule has 244 valence electrons. The average molecular weight is 644 g/mol. The van der Waals surface area contributed by atoms with Crippen molar-refractivity contribution in [2.24, 2.45) is 5.41 Å². The lowest BCUT2D eigenvalue weighted by molar-refractivity contribution is -0.143. The van der Waals surface area contributed by atoms with E-state index < -0.39 is 62.5 Å². The molecule has 0 radical (unpaired) electrons. The van der Waals surface area contributed by atoms with E-state index in [9.17, 15) is 33.4 Å². The number of hydrogen-bond donors (Lipinski definition) is 3. The number of alkyl carbamates (subject to hydrolysis) is 1. The lowest BCUT2D eigenvalue weighted by atomic mass is 9.82. The number of aliphatic hydroxyl groups excluding tert-OH is 1. The molecule has 0 spiro atoms. The molecule has 12 heteroatoms. The second kappa shape index (κ2) is 15.8. The second-order valence-electron chi connectivity index (χ2n) is 12.5. The highest BCUT2D eigenvalue weighted by atomic mass is 28.3. The van der Waals surface area contributed by atoms with Crippen molar-refractivity contribution in [3.63, 3.8) is 0 Å². The number of carbonyl (C=O) groups is 3. The van der Waals surface area contributed by atoms with Crippen molar-refractivity contribution < 1.29 is 38.1 Å². The van der Waals surface area contributed by atoms with Gasteiger partial charge in [-0.2, -0.15) is 0 Å². The van der Waals surface area contributed by atoms with Gasteiger partial charge in [0, 0.05) is 44.9 Å². The molecule has 9 nitrogen and oxygen atoms in total. The van der Waals surface area contributed by atoms with Gasteiger partial charge < -0.3 is 29.7 Å². The number of ether oxygens (including phenoxy) is 1. The minimum absolute atomic E-state index is 0.0459. The number of benzene rings is 2. The van der Waals surface area contributed by atoms with Crippen molar-refractivity contribution in [1.82, 2.24) is 14.8 Å². The Morgan fingerprint density at radius 3 is 2.36 bits per heavy atom. The molecule has 3 rings (SSSR count). The summed E-state index contributed by atoms with van der Waals surface area (Å²) < 4.78 is 36.2. The number of aromatic nitrogens is 1. The molecule has 3 N–H and O–H groups in total. The monoisotopic (exact) mass is 643 g/mol.